The van der Waals surface area contributed by atoms with Crippen molar-refractivity contribution in [1.29, 1.82) is 0 Å². The van der Waals surface area contributed by atoms with Gasteiger partial charge in [0.05, 0.1) is 18.4 Å². The second-order valence-electron chi connectivity index (χ2n) is 7.07. The van der Waals surface area contributed by atoms with E-state index < -0.39 is 11.7 Å². The Bertz CT molecular complexity index is 1040. The van der Waals surface area contributed by atoms with E-state index in [1.54, 1.807) is 24.3 Å². The number of aromatic nitrogens is 3. The first-order chi connectivity index (χ1) is 14.3. The predicted octanol–water partition coefficient (Wildman–Crippen LogP) is 4.70. The number of hydrogen-bond acceptors (Lipinski definition) is 4. The summed E-state index contributed by atoms with van der Waals surface area (Å²) in [5, 5.41) is 7.15. The molecule has 0 spiro atoms. The first-order valence-corrected chi connectivity index (χ1v) is 9.45. The fraction of sp³-hybridized carbons (Fsp3) is 0.286. The maximum atomic E-state index is 12.8. The fourth-order valence-electron chi connectivity index (χ4n) is 3.16. The molecule has 30 heavy (non-hydrogen) atoms. The van der Waals surface area contributed by atoms with Gasteiger partial charge < -0.3 is 10.1 Å². The molecular weight excluding hydrogens is 397 g/mol. The van der Waals surface area contributed by atoms with E-state index in [0.29, 0.717) is 22.8 Å². The number of nitrogens with zero attached hydrogens (tertiary/aromatic N) is 3. The molecule has 1 aliphatic carbocycles. The van der Waals surface area contributed by atoms with Crippen LogP contribution in [-0.2, 0) is 11.0 Å². The molecule has 1 heterocycles. The van der Waals surface area contributed by atoms with Crippen LogP contribution in [0.25, 0.3) is 17.1 Å². The Kier molecular flexibility index (Phi) is 5.19. The summed E-state index contributed by atoms with van der Waals surface area (Å²) in [4.78, 5) is 16.4. The number of amides is 1. The number of hydrogen-bond donors (Lipinski definition) is 1. The Morgan fingerprint density at radius 2 is 1.77 bits per heavy atom. The van der Waals surface area contributed by atoms with Crippen LogP contribution in [0.1, 0.15) is 24.8 Å². The zero-order valence-corrected chi connectivity index (χ0v) is 16.1. The van der Waals surface area contributed by atoms with Crippen LogP contribution in [-0.4, -0.2) is 27.8 Å². The van der Waals surface area contributed by atoms with Crippen molar-refractivity contribution in [2.75, 3.05) is 12.4 Å². The van der Waals surface area contributed by atoms with E-state index in [9.17, 15) is 18.0 Å². The van der Waals surface area contributed by atoms with E-state index in [-0.39, 0.29) is 17.8 Å². The molecule has 1 N–H and O–H groups in total. The van der Waals surface area contributed by atoms with Gasteiger partial charge in [-0.15, -0.1) is 5.10 Å². The summed E-state index contributed by atoms with van der Waals surface area (Å²) >= 11 is 0. The number of methoxy groups -OCH3 is 1. The average Bonchev–Trinajstić information content (AvgIpc) is 3.11. The lowest BCUT2D eigenvalue weighted by Gasteiger charge is -2.24. The second kappa shape index (κ2) is 7.81. The lowest BCUT2D eigenvalue weighted by Crippen LogP contribution is -2.27. The minimum Gasteiger partial charge on any atom is -0.466 e. The van der Waals surface area contributed by atoms with Gasteiger partial charge in [0.15, 0.2) is 5.82 Å². The Labute approximate surface area is 170 Å². The van der Waals surface area contributed by atoms with Gasteiger partial charge in [0.25, 0.3) is 0 Å². The molecule has 0 radical (unpaired) electrons. The van der Waals surface area contributed by atoms with Crippen LogP contribution >= 0.6 is 0 Å². The maximum absolute atomic E-state index is 12.8. The molecule has 1 amide bonds. The van der Waals surface area contributed by atoms with Gasteiger partial charge in [-0.1, -0.05) is 18.6 Å². The van der Waals surface area contributed by atoms with Crippen molar-refractivity contribution in [3.05, 3.63) is 54.1 Å². The van der Waals surface area contributed by atoms with Gasteiger partial charge in [-0.05, 0) is 49.2 Å². The van der Waals surface area contributed by atoms with Crippen molar-refractivity contribution in [2.24, 2.45) is 5.92 Å². The molecule has 9 heteroatoms. The quantitative estimate of drug-likeness (QED) is 0.655. The molecule has 0 bridgehead atoms. The molecule has 4 rings (SSSR count). The molecule has 3 aromatic rings. The number of anilines is 1. The van der Waals surface area contributed by atoms with E-state index in [0.717, 1.165) is 31.4 Å². The third-order valence-corrected chi connectivity index (χ3v) is 5.10. The van der Waals surface area contributed by atoms with Gasteiger partial charge in [0.1, 0.15) is 0 Å². The smallest absolute Gasteiger partial charge is 0.416 e. The number of alkyl halides is 3. The van der Waals surface area contributed by atoms with Crippen LogP contribution in [0.5, 0.6) is 6.01 Å². The number of halogens is 3. The number of carbonyl (C=O) groups is 1. The van der Waals surface area contributed by atoms with Gasteiger partial charge in [-0.3, -0.25) is 4.79 Å². The number of benzene rings is 2. The zero-order chi connectivity index (χ0) is 21.3. The van der Waals surface area contributed by atoms with E-state index in [1.165, 1.54) is 23.9 Å². The van der Waals surface area contributed by atoms with Crippen LogP contribution in [0.4, 0.5) is 18.9 Å². The molecule has 156 valence electrons. The minimum atomic E-state index is -4.41. The van der Waals surface area contributed by atoms with Crippen LogP contribution in [0.2, 0.25) is 0 Å². The second-order valence-corrected chi connectivity index (χ2v) is 7.07. The summed E-state index contributed by atoms with van der Waals surface area (Å²) in [6.07, 6.45) is -1.50. The number of rotatable bonds is 5. The maximum Gasteiger partial charge on any atom is 0.416 e. The fourth-order valence-corrected chi connectivity index (χ4v) is 3.16. The molecule has 1 saturated carbocycles. The summed E-state index contributed by atoms with van der Waals surface area (Å²) < 4.78 is 45.1. The van der Waals surface area contributed by atoms with Crippen LogP contribution in [0.3, 0.4) is 0 Å². The highest BCUT2D eigenvalue weighted by atomic mass is 19.4. The van der Waals surface area contributed by atoms with E-state index >= 15 is 0 Å². The molecule has 2 aromatic carbocycles. The molecule has 1 aliphatic rings. The van der Waals surface area contributed by atoms with Crippen LogP contribution < -0.4 is 10.1 Å². The molecule has 0 aliphatic heterocycles. The molecular formula is C21H19F3N4O2. The Hall–Kier alpha value is -3.36. The van der Waals surface area contributed by atoms with Gasteiger partial charge in [-0.25, -0.2) is 4.68 Å². The highest BCUT2D eigenvalue weighted by molar-refractivity contribution is 5.93. The Morgan fingerprint density at radius 3 is 2.30 bits per heavy atom. The molecule has 0 saturated heterocycles. The van der Waals surface area contributed by atoms with Gasteiger partial charge in [0, 0.05) is 17.2 Å². The molecule has 0 unspecified atom stereocenters. The van der Waals surface area contributed by atoms with E-state index in [2.05, 4.69) is 15.4 Å². The highest BCUT2D eigenvalue weighted by Crippen LogP contribution is 2.32. The molecule has 0 atom stereocenters. The zero-order valence-electron chi connectivity index (χ0n) is 16.1. The normalized spacial score (nSPS) is 14.3. The predicted molar refractivity (Wildman–Crippen MR) is 104 cm³/mol. The third kappa shape index (κ3) is 4.00. The van der Waals surface area contributed by atoms with E-state index in [4.69, 9.17) is 4.74 Å². The van der Waals surface area contributed by atoms with Crippen molar-refractivity contribution < 1.29 is 22.7 Å². The average molecular weight is 416 g/mol. The number of carbonyl (C=O) groups excluding carboxylic acids is 1. The largest absolute Gasteiger partial charge is 0.466 e. The molecule has 6 nitrogen and oxygen atoms in total. The lowest BCUT2D eigenvalue weighted by molar-refractivity contribution is -0.137. The monoisotopic (exact) mass is 416 g/mol. The van der Waals surface area contributed by atoms with Crippen molar-refractivity contribution in [3.63, 3.8) is 0 Å². The van der Waals surface area contributed by atoms with Gasteiger partial charge in [-0.2, -0.15) is 18.2 Å². The minimum absolute atomic E-state index is 0.0156. The highest BCUT2D eigenvalue weighted by Gasteiger charge is 2.30. The molecule has 1 fully saturated rings. The lowest BCUT2D eigenvalue weighted by atomic mass is 9.85. The summed E-state index contributed by atoms with van der Waals surface area (Å²) in [5.41, 5.74) is 1.01. The van der Waals surface area contributed by atoms with Crippen LogP contribution in [0.15, 0.2) is 48.5 Å². The Balaban J connectivity index is 1.61. The SMILES string of the molecule is COc1nc(-c2ccc(C(F)(F)F)cc2)n(-c2ccc(NC(=O)C3CCC3)cc2)n1. The molecule has 1 aromatic heterocycles. The van der Waals surface area contributed by atoms with Crippen molar-refractivity contribution in [1.82, 2.24) is 14.8 Å². The van der Waals surface area contributed by atoms with Gasteiger partial charge in [0.2, 0.25) is 5.91 Å². The van der Waals surface area contributed by atoms with Crippen molar-refractivity contribution in [2.45, 2.75) is 25.4 Å². The number of nitrogens with one attached hydrogen (secondary N) is 1. The standard InChI is InChI=1S/C21H19F3N4O2/c1-30-20-26-18(13-5-7-15(8-6-13)21(22,23)24)28(27-20)17-11-9-16(10-12-17)25-19(29)14-3-2-4-14/h5-12,14H,2-4H2,1H3,(H,25,29). The Morgan fingerprint density at radius 1 is 1.10 bits per heavy atom. The van der Waals surface area contributed by atoms with E-state index in [1.807, 2.05) is 0 Å². The van der Waals surface area contributed by atoms with Gasteiger partial charge >= 0.3 is 12.2 Å². The van der Waals surface area contributed by atoms with Crippen LogP contribution in [0, 0.1) is 5.92 Å². The van der Waals surface area contributed by atoms with Crippen molar-refractivity contribution in [3.8, 4) is 23.1 Å². The summed E-state index contributed by atoms with van der Waals surface area (Å²) in [7, 11) is 1.41. The summed E-state index contributed by atoms with van der Waals surface area (Å²) in [6, 6.07) is 11.8. The number of ether oxygens (including phenoxy) is 1. The summed E-state index contributed by atoms with van der Waals surface area (Å²) in [5.74, 6) is 0.434. The topological polar surface area (TPSA) is 69.0 Å². The third-order valence-electron chi connectivity index (χ3n) is 5.10. The first-order valence-electron chi connectivity index (χ1n) is 9.45. The first kappa shape index (κ1) is 19.9. The van der Waals surface area contributed by atoms with Crippen molar-refractivity contribution >= 4 is 11.6 Å². The summed E-state index contributed by atoms with van der Waals surface area (Å²) in [6.45, 7) is 0.